The van der Waals surface area contributed by atoms with Gasteiger partial charge in [-0.2, -0.15) is 0 Å². The molecule has 134 valence electrons. The number of hydrogen-bond donors (Lipinski definition) is 4. The highest BCUT2D eigenvalue weighted by Gasteiger charge is 2.51. The minimum Gasteiger partial charge on any atom is -0.508 e. The van der Waals surface area contributed by atoms with E-state index in [0.29, 0.717) is 16.8 Å². The zero-order valence-corrected chi connectivity index (χ0v) is 14.4. The Bertz CT molecular complexity index is 849. The van der Waals surface area contributed by atoms with Crippen LogP contribution in [0.1, 0.15) is 43.5 Å². The van der Waals surface area contributed by atoms with Crippen molar-refractivity contribution < 1.29 is 19.7 Å². The summed E-state index contributed by atoms with van der Waals surface area (Å²) in [6.07, 6.45) is -0.229. The first-order valence-electron chi connectivity index (χ1n) is 8.22. The Balaban J connectivity index is 2.20. The SMILES string of the molecule is CC(C)OC(=O)[C@H]1[C@@H](c2cccc(O)c2)c2c([nH][nH]c2=O)C[C@@]1(C)O. The van der Waals surface area contributed by atoms with E-state index in [9.17, 15) is 19.8 Å². The number of carbonyl (C=O) groups is 1. The van der Waals surface area contributed by atoms with Crippen LogP contribution in [0.15, 0.2) is 29.1 Å². The van der Waals surface area contributed by atoms with Crippen LogP contribution in [0.3, 0.4) is 0 Å². The molecule has 7 nitrogen and oxygen atoms in total. The van der Waals surface area contributed by atoms with Gasteiger partial charge in [0.1, 0.15) is 5.75 Å². The van der Waals surface area contributed by atoms with Crippen molar-refractivity contribution in [2.75, 3.05) is 0 Å². The molecule has 1 aliphatic carbocycles. The minimum absolute atomic E-state index is 0.0206. The number of fused-ring (bicyclic) bond motifs is 1. The smallest absolute Gasteiger partial charge is 0.313 e. The van der Waals surface area contributed by atoms with Crippen molar-refractivity contribution >= 4 is 5.97 Å². The van der Waals surface area contributed by atoms with Gasteiger partial charge in [0, 0.05) is 23.6 Å². The van der Waals surface area contributed by atoms with E-state index in [1.807, 2.05) is 0 Å². The number of rotatable bonds is 3. The van der Waals surface area contributed by atoms with Crippen LogP contribution in [0.5, 0.6) is 5.75 Å². The summed E-state index contributed by atoms with van der Waals surface area (Å²) in [5.41, 5.74) is -0.252. The lowest BCUT2D eigenvalue weighted by Gasteiger charge is -2.40. The molecule has 4 N–H and O–H groups in total. The Kier molecular flexibility index (Phi) is 4.20. The number of aliphatic hydroxyl groups is 1. The molecule has 0 saturated heterocycles. The van der Waals surface area contributed by atoms with Gasteiger partial charge in [-0.3, -0.25) is 14.7 Å². The average molecular weight is 346 g/mol. The fraction of sp³-hybridized carbons (Fsp3) is 0.444. The predicted molar refractivity (Wildman–Crippen MR) is 90.4 cm³/mol. The van der Waals surface area contributed by atoms with Crippen LogP contribution >= 0.6 is 0 Å². The topological polar surface area (TPSA) is 115 Å². The quantitative estimate of drug-likeness (QED) is 0.627. The van der Waals surface area contributed by atoms with E-state index in [2.05, 4.69) is 10.2 Å². The van der Waals surface area contributed by atoms with Gasteiger partial charge in [-0.15, -0.1) is 0 Å². The normalized spacial score (nSPS) is 25.6. The molecule has 1 heterocycles. The molecule has 1 aliphatic rings. The molecular formula is C18H22N2O5. The van der Waals surface area contributed by atoms with Crippen molar-refractivity contribution in [1.29, 1.82) is 0 Å². The number of hydrogen-bond acceptors (Lipinski definition) is 5. The maximum atomic E-state index is 12.8. The van der Waals surface area contributed by atoms with Crippen LogP contribution in [0.2, 0.25) is 0 Å². The highest BCUT2D eigenvalue weighted by Crippen LogP contribution is 2.45. The molecule has 0 spiro atoms. The number of phenolic OH excluding ortho intramolecular Hbond substituents is 1. The number of esters is 1. The van der Waals surface area contributed by atoms with E-state index < -0.39 is 23.4 Å². The highest BCUT2D eigenvalue weighted by molar-refractivity contribution is 5.77. The molecule has 25 heavy (non-hydrogen) atoms. The molecule has 0 bridgehead atoms. The second-order valence-corrected chi connectivity index (χ2v) is 7.04. The van der Waals surface area contributed by atoms with Crippen molar-refractivity contribution in [3.8, 4) is 5.75 Å². The molecule has 3 atom stereocenters. The average Bonchev–Trinajstić information content (AvgIpc) is 2.84. The maximum absolute atomic E-state index is 12.8. The Labute approximate surface area is 144 Å². The molecule has 1 aromatic heterocycles. The van der Waals surface area contributed by atoms with Crippen LogP contribution < -0.4 is 5.56 Å². The first kappa shape index (κ1) is 17.3. The van der Waals surface area contributed by atoms with E-state index in [1.54, 1.807) is 32.9 Å². The fourth-order valence-electron chi connectivity index (χ4n) is 3.64. The molecule has 7 heteroatoms. The van der Waals surface area contributed by atoms with E-state index in [4.69, 9.17) is 4.74 Å². The molecule has 0 unspecified atom stereocenters. The Morgan fingerprint density at radius 1 is 1.36 bits per heavy atom. The van der Waals surface area contributed by atoms with Gasteiger partial charge in [0.05, 0.1) is 17.6 Å². The number of benzene rings is 1. The molecule has 0 radical (unpaired) electrons. The second-order valence-electron chi connectivity index (χ2n) is 7.04. The standard InChI is InChI=1S/C18H22N2O5/c1-9(2)25-17(23)15-13(10-5-4-6-11(21)7-10)14-12(8-18(15,3)24)19-20-16(14)22/h4-7,9,13,15,21,24H,8H2,1-3H3,(H2,19,20,22)/t13-,15+,18+/m0/s1. The van der Waals surface area contributed by atoms with Crippen molar-refractivity contribution in [3.05, 3.63) is 51.4 Å². The monoisotopic (exact) mass is 346 g/mol. The van der Waals surface area contributed by atoms with Crippen LogP contribution in [0.25, 0.3) is 0 Å². The largest absolute Gasteiger partial charge is 0.508 e. The number of H-pyrrole nitrogens is 2. The van der Waals surface area contributed by atoms with E-state index in [0.717, 1.165) is 0 Å². The number of nitrogens with one attached hydrogen (secondary N) is 2. The van der Waals surface area contributed by atoms with Gasteiger partial charge in [-0.05, 0) is 38.5 Å². The summed E-state index contributed by atoms with van der Waals surface area (Å²) in [6.45, 7) is 5.02. The van der Waals surface area contributed by atoms with E-state index in [-0.39, 0.29) is 23.8 Å². The second kappa shape index (κ2) is 6.07. The molecular weight excluding hydrogens is 324 g/mol. The molecule has 1 aromatic carbocycles. The summed E-state index contributed by atoms with van der Waals surface area (Å²) in [5.74, 6) is -2.25. The third kappa shape index (κ3) is 3.07. The number of aromatic amines is 2. The van der Waals surface area contributed by atoms with Crippen LogP contribution in [0.4, 0.5) is 0 Å². The van der Waals surface area contributed by atoms with Crippen LogP contribution in [-0.2, 0) is 16.0 Å². The lowest BCUT2D eigenvalue weighted by atomic mass is 9.66. The van der Waals surface area contributed by atoms with Gasteiger partial charge in [-0.25, -0.2) is 0 Å². The van der Waals surface area contributed by atoms with Gasteiger partial charge in [0.25, 0.3) is 5.56 Å². The third-order valence-electron chi connectivity index (χ3n) is 4.58. The zero-order valence-electron chi connectivity index (χ0n) is 14.4. The maximum Gasteiger partial charge on any atom is 0.313 e. The number of carbonyl (C=O) groups excluding carboxylic acids is 1. The summed E-state index contributed by atoms with van der Waals surface area (Å²) in [5, 5.41) is 26.1. The van der Waals surface area contributed by atoms with Crippen LogP contribution in [0, 0.1) is 5.92 Å². The molecule has 0 fully saturated rings. The summed E-state index contributed by atoms with van der Waals surface area (Å²) < 4.78 is 5.35. The molecule has 0 aliphatic heterocycles. The number of phenols is 1. The minimum atomic E-state index is -1.42. The van der Waals surface area contributed by atoms with Crippen molar-refractivity contribution in [3.63, 3.8) is 0 Å². The number of aromatic nitrogens is 2. The Morgan fingerprint density at radius 3 is 2.72 bits per heavy atom. The van der Waals surface area contributed by atoms with Gasteiger partial charge >= 0.3 is 5.97 Å². The van der Waals surface area contributed by atoms with Crippen molar-refractivity contribution in [2.24, 2.45) is 5.92 Å². The summed E-state index contributed by atoms with van der Waals surface area (Å²) in [4.78, 5) is 25.1. The Hall–Kier alpha value is -2.54. The predicted octanol–water partition coefficient (Wildman–Crippen LogP) is 1.42. The van der Waals surface area contributed by atoms with Crippen molar-refractivity contribution in [2.45, 2.75) is 44.8 Å². The lowest BCUT2D eigenvalue weighted by molar-refractivity contribution is -0.163. The third-order valence-corrected chi connectivity index (χ3v) is 4.58. The first-order chi connectivity index (χ1) is 11.7. The molecule has 2 aromatic rings. The van der Waals surface area contributed by atoms with E-state index in [1.165, 1.54) is 12.1 Å². The fourth-order valence-corrected chi connectivity index (χ4v) is 3.64. The first-order valence-corrected chi connectivity index (χ1v) is 8.22. The van der Waals surface area contributed by atoms with Gasteiger partial charge < -0.3 is 20.0 Å². The highest BCUT2D eigenvalue weighted by atomic mass is 16.5. The number of aromatic hydroxyl groups is 1. The van der Waals surface area contributed by atoms with E-state index >= 15 is 0 Å². The molecule has 0 saturated carbocycles. The molecule has 3 rings (SSSR count). The summed E-state index contributed by atoms with van der Waals surface area (Å²) >= 11 is 0. The van der Waals surface area contributed by atoms with Gasteiger partial charge in [0.2, 0.25) is 0 Å². The summed E-state index contributed by atoms with van der Waals surface area (Å²) in [7, 11) is 0. The summed E-state index contributed by atoms with van der Waals surface area (Å²) in [6, 6.07) is 6.36. The molecule has 0 amide bonds. The van der Waals surface area contributed by atoms with Gasteiger partial charge in [-0.1, -0.05) is 12.1 Å². The van der Waals surface area contributed by atoms with Gasteiger partial charge in [0.15, 0.2) is 0 Å². The van der Waals surface area contributed by atoms with Crippen LogP contribution in [-0.4, -0.2) is 38.1 Å². The Morgan fingerprint density at radius 2 is 2.08 bits per heavy atom. The van der Waals surface area contributed by atoms with Crippen molar-refractivity contribution in [1.82, 2.24) is 10.2 Å². The zero-order chi connectivity index (χ0) is 18.4. The number of ether oxygens (including phenoxy) is 1. The lowest BCUT2D eigenvalue weighted by Crippen LogP contribution is -2.50.